The Hall–Kier alpha value is -5.79. The number of carbonyl (C=O) groups excluding carboxylic acids is 3. The predicted octanol–water partition coefficient (Wildman–Crippen LogP) is 4.39. The van der Waals surface area contributed by atoms with Crippen molar-refractivity contribution in [1.82, 2.24) is 0 Å². The maximum absolute atomic E-state index is 14.3. The first-order valence-electron chi connectivity index (χ1n) is 18.8. The summed E-state index contributed by atoms with van der Waals surface area (Å²) in [7, 11) is 1.37. The molecular weight excluding hydrogens is 778 g/mol. The number of Topliss-reactive ketones (excluding diaryl/α,β-unsaturated/α-hetero) is 1. The molecule has 2 aromatic carbocycles. The topological polar surface area (TPSA) is 288 Å². The van der Waals surface area contributed by atoms with Gasteiger partial charge in [0.05, 0.1) is 41.2 Å². The Balaban J connectivity index is 2.04. The van der Waals surface area contributed by atoms with E-state index in [-0.39, 0.29) is 16.9 Å². The molecule has 19 nitrogen and oxygen atoms in total. The number of rotatable bonds is 7. The van der Waals surface area contributed by atoms with Gasteiger partial charge in [0.15, 0.2) is 5.75 Å². The van der Waals surface area contributed by atoms with Crippen molar-refractivity contribution in [3.63, 3.8) is 0 Å². The molecule has 59 heavy (non-hydrogen) atoms. The van der Waals surface area contributed by atoms with Crippen LogP contribution in [0.3, 0.4) is 0 Å². The second-order valence-corrected chi connectivity index (χ2v) is 15.3. The summed E-state index contributed by atoms with van der Waals surface area (Å²) >= 11 is 0. The highest BCUT2D eigenvalue weighted by Crippen LogP contribution is 2.56. The standard InChI is InChI=1S/C40H51N3O16/c1-17-11-10-12-18(2)39(51)41-30-26(24(15-42(52)53)16-43(54)55)34(48)27-28(35(30)49)33(47)22(6)37-29(27)38(50)40(8,59-37)57-14-13-25(56-9)19(3)36(58-23(7)44)21(5)32(46)20(4)31(17)45/h10-14,17,19-21,24-25,31-32,36,45-49H,15-16H2,1-9H3,(H,41,51)/b11-10+,14-13+,18-12-/t17-,19+,20+,21+,25-,31-,32+,36+,40-/m0/s1. The van der Waals surface area contributed by atoms with Crippen LogP contribution >= 0.6 is 0 Å². The van der Waals surface area contributed by atoms with Crippen molar-refractivity contribution in [2.45, 2.75) is 91.5 Å². The fourth-order valence-corrected chi connectivity index (χ4v) is 7.74. The van der Waals surface area contributed by atoms with Crippen LogP contribution in [0.25, 0.3) is 10.8 Å². The Morgan fingerprint density at radius 2 is 1.54 bits per heavy atom. The summed E-state index contributed by atoms with van der Waals surface area (Å²) in [5.74, 6) is -12.4. The van der Waals surface area contributed by atoms with Crippen molar-refractivity contribution in [2.75, 3.05) is 25.5 Å². The van der Waals surface area contributed by atoms with Crippen molar-refractivity contribution >= 4 is 34.1 Å². The molecule has 322 valence electrons. The second kappa shape index (κ2) is 18.0. The normalized spacial score (nSPS) is 29.9. The molecule has 0 fully saturated rings. The summed E-state index contributed by atoms with van der Waals surface area (Å²) in [6.07, 6.45) is 2.56. The number of esters is 1. The fraction of sp³-hybridized carbons (Fsp3) is 0.525. The number of phenolic OH excluding ortho intramolecular Hbond substituents is 3. The summed E-state index contributed by atoms with van der Waals surface area (Å²) in [5.41, 5.74) is -1.99. The maximum atomic E-state index is 14.3. The van der Waals surface area contributed by atoms with Crippen LogP contribution in [0.2, 0.25) is 0 Å². The van der Waals surface area contributed by atoms with E-state index in [2.05, 4.69) is 5.32 Å². The SMILES string of the molecule is CO[C@H]1/C=C/O[C@@]2(C)Oc3c(C)c(O)c4c(O)c(c(C(C[N+](=O)[O-])C[N+](=O)[O-])c(O)c4c3C2=O)NC(=O)/C(C)=C\C=C\[C@H](C)[C@H](O)[C@@H](C)[C@@H](O)[C@@H](C)[C@H](OC(C)=O)[C@@H]1C. The lowest BCUT2D eigenvalue weighted by Gasteiger charge is -2.38. The van der Waals surface area contributed by atoms with Gasteiger partial charge in [-0.25, -0.2) is 0 Å². The second-order valence-electron chi connectivity index (χ2n) is 15.3. The van der Waals surface area contributed by atoms with Gasteiger partial charge >= 0.3 is 11.8 Å². The summed E-state index contributed by atoms with van der Waals surface area (Å²) < 4.78 is 23.2. The highest BCUT2D eigenvalue weighted by Gasteiger charge is 2.50. The van der Waals surface area contributed by atoms with Gasteiger partial charge in [-0.05, 0) is 19.9 Å². The van der Waals surface area contributed by atoms with Gasteiger partial charge < -0.3 is 49.8 Å². The molecule has 5 rings (SSSR count). The molecule has 3 aliphatic rings. The third-order valence-corrected chi connectivity index (χ3v) is 11.2. The summed E-state index contributed by atoms with van der Waals surface area (Å²) in [6.45, 7) is 9.39. The number of aliphatic hydroxyl groups excluding tert-OH is 2. The van der Waals surface area contributed by atoms with Gasteiger partial charge in [-0.3, -0.25) is 34.6 Å². The smallest absolute Gasteiger partial charge is 0.312 e. The quantitative estimate of drug-likeness (QED) is 0.0742. The Morgan fingerprint density at radius 1 is 0.932 bits per heavy atom. The first kappa shape index (κ1) is 45.9. The minimum atomic E-state index is -2.23. The lowest BCUT2D eigenvalue weighted by molar-refractivity contribution is -0.516. The van der Waals surface area contributed by atoms with E-state index in [9.17, 15) is 60.1 Å². The van der Waals surface area contributed by atoms with E-state index in [0.717, 1.165) is 6.26 Å². The summed E-state index contributed by atoms with van der Waals surface area (Å²) in [4.78, 5) is 62.2. The molecule has 0 aromatic heterocycles. The van der Waals surface area contributed by atoms with E-state index in [1.54, 1.807) is 33.8 Å². The van der Waals surface area contributed by atoms with Crippen molar-refractivity contribution < 1.29 is 68.7 Å². The Morgan fingerprint density at radius 3 is 2.10 bits per heavy atom. The average Bonchev–Trinajstić information content (AvgIpc) is 3.42. The third-order valence-electron chi connectivity index (χ3n) is 11.2. The zero-order valence-electron chi connectivity index (χ0n) is 34.1. The third kappa shape index (κ3) is 9.11. The fourth-order valence-electron chi connectivity index (χ4n) is 7.74. The van der Waals surface area contributed by atoms with Crippen LogP contribution in [0.4, 0.5) is 5.69 Å². The van der Waals surface area contributed by atoms with Crippen LogP contribution in [0.1, 0.15) is 75.9 Å². The molecule has 0 spiro atoms. The minimum absolute atomic E-state index is 0.0473. The molecule has 3 heterocycles. The lowest BCUT2D eigenvalue weighted by atomic mass is 9.78. The number of hydrogen-bond donors (Lipinski definition) is 6. The molecular formula is C40H51N3O16. The number of benzene rings is 2. The molecule has 0 saturated heterocycles. The van der Waals surface area contributed by atoms with Crippen LogP contribution in [0, 0.1) is 50.8 Å². The molecule has 6 N–H and O–H groups in total. The summed E-state index contributed by atoms with van der Waals surface area (Å²) in [6, 6.07) is 0. The minimum Gasteiger partial charge on any atom is -0.507 e. The zero-order valence-corrected chi connectivity index (χ0v) is 34.1. The molecule has 0 aliphatic carbocycles. The van der Waals surface area contributed by atoms with Crippen molar-refractivity contribution in [2.24, 2.45) is 23.7 Å². The monoisotopic (exact) mass is 829 g/mol. The van der Waals surface area contributed by atoms with Gasteiger partial charge in [0, 0.05) is 76.6 Å². The van der Waals surface area contributed by atoms with E-state index in [1.165, 1.54) is 53.0 Å². The van der Waals surface area contributed by atoms with Crippen LogP contribution in [0.15, 0.2) is 36.1 Å². The number of ether oxygens (including phenoxy) is 4. The first-order chi connectivity index (χ1) is 27.5. The highest BCUT2D eigenvalue weighted by molar-refractivity contribution is 6.22. The number of aliphatic hydroxyl groups is 2. The first-order valence-corrected chi connectivity index (χ1v) is 18.8. The molecule has 0 saturated carbocycles. The van der Waals surface area contributed by atoms with Gasteiger partial charge in [-0.15, -0.1) is 0 Å². The number of phenols is 3. The molecule has 19 heteroatoms. The zero-order chi connectivity index (χ0) is 44.4. The van der Waals surface area contributed by atoms with Crippen LogP contribution in [-0.4, -0.2) is 103 Å². The predicted molar refractivity (Wildman–Crippen MR) is 210 cm³/mol. The van der Waals surface area contributed by atoms with Crippen LogP contribution in [-0.2, 0) is 23.8 Å². The molecule has 1 amide bonds. The number of aromatic hydroxyl groups is 3. The van der Waals surface area contributed by atoms with Crippen LogP contribution < -0.4 is 10.1 Å². The molecule has 3 aliphatic heterocycles. The van der Waals surface area contributed by atoms with E-state index >= 15 is 0 Å². The van der Waals surface area contributed by atoms with Gasteiger partial charge in [0.25, 0.3) is 11.7 Å². The molecule has 2 aromatic rings. The number of fused-ring (bicyclic) bond motifs is 14. The van der Waals surface area contributed by atoms with E-state index < -0.39 is 145 Å². The van der Waals surface area contributed by atoms with Crippen molar-refractivity contribution in [3.8, 4) is 23.0 Å². The number of allylic oxidation sites excluding steroid dienone is 2. The molecule has 9 atom stereocenters. The number of carbonyl (C=O) groups is 3. The maximum Gasteiger partial charge on any atom is 0.312 e. The number of anilines is 1. The number of nitrogens with zero attached hydrogens (tertiary/aromatic N) is 2. The Labute approximate surface area is 339 Å². The van der Waals surface area contributed by atoms with Crippen LogP contribution in [0.5, 0.6) is 23.0 Å². The Kier molecular flexibility index (Phi) is 14.0. The largest absolute Gasteiger partial charge is 0.507 e. The number of ketones is 1. The number of methoxy groups -OCH3 is 1. The Bertz CT molecular complexity index is 2100. The van der Waals surface area contributed by atoms with Crippen molar-refractivity contribution in [1.29, 1.82) is 0 Å². The van der Waals surface area contributed by atoms with E-state index in [1.807, 2.05) is 0 Å². The summed E-state index contributed by atoms with van der Waals surface area (Å²) in [5, 5.41) is 82.8. The van der Waals surface area contributed by atoms with E-state index in [4.69, 9.17) is 18.9 Å². The van der Waals surface area contributed by atoms with Gasteiger partial charge in [-0.1, -0.05) is 45.9 Å². The molecule has 0 radical (unpaired) electrons. The number of nitrogens with one attached hydrogen (secondary N) is 1. The lowest BCUT2D eigenvalue weighted by Crippen LogP contribution is -2.46. The molecule has 0 unspecified atom stereocenters. The average molecular weight is 830 g/mol. The number of nitro groups is 2. The van der Waals surface area contributed by atoms with Crippen molar-refractivity contribution in [3.05, 3.63) is 73.1 Å². The van der Waals surface area contributed by atoms with Gasteiger partial charge in [0.2, 0.25) is 13.1 Å². The van der Waals surface area contributed by atoms with E-state index in [0.29, 0.717) is 0 Å². The van der Waals surface area contributed by atoms with Gasteiger partial charge in [-0.2, -0.15) is 0 Å². The number of hydrogen-bond acceptors (Lipinski definition) is 16. The highest BCUT2D eigenvalue weighted by atomic mass is 16.7. The number of amides is 1. The van der Waals surface area contributed by atoms with Gasteiger partial charge in [0.1, 0.15) is 29.3 Å². The molecule has 5 bridgehead atoms.